The van der Waals surface area contributed by atoms with E-state index in [0.717, 1.165) is 10.6 Å². The zero-order valence-corrected chi connectivity index (χ0v) is 11.6. The van der Waals surface area contributed by atoms with Crippen LogP contribution < -0.4 is 9.04 Å². The SMILES string of the molecule is CS(=O)(=O)N1CCC(C(=O)O)Oc2ccc(Cl)cc21. The Labute approximate surface area is 115 Å². The molecule has 19 heavy (non-hydrogen) atoms. The summed E-state index contributed by atoms with van der Waals surface area (Å²) in [6.45, 7) is 0.0309. The molecule has 1 heterocycles. The molecule has 2 rings (SSSR count). The van der Waals surface area contributed by atoms with E-state index >= 15 is 0 Å². The first kappa shape index (κ1) is 14.0. The number of aliphatic carboxylic acids is 1. The van der Waals surface area contributed by atoms with Crippen molar-refractivity contribution in [3.63, 3.8) is 0 Å². The molecule has 1 atom stereocenters. The van der Waals surface area contributed by atoms with Crippen LogP contribution >= 0.6 is 11.6 Å². The standard InChI is InChI=1S/C11H12ClNO5S/c1-19(16,17)13-5-4-10(11(14)15)18-9-3-2-7(12)6-8(9)13/h2-3,6,10H,4-5H2,1H3,(H,14,15). The summed E-state index contributed by atoms with van der Waals surface area (Å²) in [5, 5.41) is 9.37. The second kappa shape index (κ2) is 4.90. The van der Waals surface area contributed by atoms with E-state index in [1.54, 1.807) is 0 Å². The van der Waals surface area contributed by atoms with Crippen molar-refractivity contribution in [1.29, 1.82) is 0 Å². The maximum Gasteiger partial charge on any atom is 0.344 e. The zero-order chi connectivity index (χ0) is 14.2. The van der Waals surface area contributed by atoms with Gasteiger partial charge in [-0.05, 0) is 18.2 Å². The molecule has 0 saturated carbocycles. The van der Waals surface area contributed by atoms with Gasteiger partial charge in [0.1, 0.15) is 5.75 Å². The van der Waals surface area contributed by atoms with Crippen LogP contribution in [-0.4, -0.2) is 38.4 Å². The molecule has 1 aromatic carbocycles. The summed E-state index contributed by atoms with van der Waals surface area (Å²) >= 11 is 5.85. The molecule has 1 unspecified atom stereocenters. The van der Waals surface area contributed by atoms with Crippen molar-refractivity contribution in [1.82, 2.24) is 0 Å². The molecule has 8 heteroatoms. The van der Waals surface area contributed by atoms with Gasteiger partial charge in [0.25, 0.3) is 0 Å². The number of nitrogens with zero attached hydrogens (tertiary/aromatic N) is 1. The smallest absolute Gasteiger partial charge is 0.344 e. The summed E-state index contributed by atoms with van der Waals surface area (Å²) < 4.78 is 30.0. The number of ether oxygens (including phenoxy) is 1. The Morgan fingerprint density at radius 3 is 2.79 bits per heavy atom. The lowest BCUT2D eigenvalue weighted by atomic mass is 10.2. The molecule has 1 aliphatic rings. The van der Waals surface area contributed by atoms with Gasteiger partial charge in [-0.3, -0.25) is 4.31 Å². The van der Waals surface area contributed by atoms with Crippen molar-refractivity contribution >= 4 is 33.3 Å². The first-order valence-electron chi connectivity index (χ1n) is 5.46. The number of hydrogen-bond acceptors (Lipinski definition) is 4. The predicted octanol–water partition coefficient (Wildman–Crippen LogP) is 1.34. The van der Waals surface area contributed by atoms with E-state index < -0.39 is 22.1 Å². The van der Waals surface area contributed by atoms with Crippen molar-refractivity contribution < 1.29 is 23.1 Å². The van der Waals surface area contributed by atoms with Gasteiger partial charge in [0, 0.05) is 18.0 Å². The number of fused-ring (bicyclic) bond motifs is 1. The van der Waals surface area contributed by atoms with E-state index in [2.05, 4.69) is 0 Å². The lowest BCUT2D eigenvalue weighted by Gasteiger charge is -2.21. The number of benzene rings is 1. The van der Waals surface area contributed by atoms with Crippen molar-refractivity contribution in [3.05, 3.63) is 23.2 Å². The second-order valence-corrected chi connectivity index (χ2v) is 6.52. The lowest BCUT2D eigenvalue weighted by Crippen LogP contribution is -2.33. The number of sulfonamides is 1. The Hall–Kier alpha value is -1.47. The Balaban J connectivity index is 2.53. The molecule has 6 nitrogen and oxygen atoms in total. The molecule has 0 aromatic heterocycles. The highest BCUT2D eigenvalue weighted by Crippen LogP contribution is 2.36. The molecule has 1 aromatic rings. The molecular formula is C11H12ClNO5S. The van der Waals surface area contributed by atoms with Crippen molar-refractivity contribution in [3.8, 4) is 5.75 Å². The van der Waals surface area contributed by atoms with Crippen LogP contribution in [0.3, 0.4) is 0 Å². The molecule has 1 aliphatic heterocycles. The summed E-state index contributed by atoms with van der Waals surface area (Å²) in [6.07, 6.45) is 0.0414. The Morgan fingerprint density at radius 2 is 2.21 bits per heavy atom. The third-order valence-electron chi connectivity index (χ3n) is 2.73. The summed E-state index contributed by atoms with van der Waals surface area (Å²) in [4.78, 5) is 11.0. The maximum atomic E-state index is 11.8. The number of carboxylic acid groups (broad SMARTS) is 1. The average Bonchev–Trinajstić information content (AvgIpc) is 2.47. The third kappa shape index (κ3) is 2.93. The molecule has 0 amide bonds. The molecule has 0 spiro atoms. The van der Waals surface area contributed by atoms with Gasteiger partial charge in [-0.15, -0.1) is 0 Å². The van der Waals surface area contributed by atoms with Crippen LogP contribution in [0.25, 0.3) is 0 Å². The van der Waals surface area contributed by atoms with E-state index in [1.807, 2.05) is 0 Å². The quantitative estimate of drug-likeness (QED) is 0.891. The molecule has 1 N–H and O–H groups in total. The number of carboxylic acids is 1. The Morgan fingerprint density at radius 1 is 1.53 bits per heavy atom. The fraction of sp³-hybridized carbons (Fsp3) is 0.364. The van der Waals surface area contributed by atoms with Gasteiger partial charge in [-0.1, -0.05) is 11.6 Å². The normalized spacial score (nSPS) is 19.3. The average molecular weight is 306 g/mol. The monoisotopic (exact) mass is 305 g/mol. The van der Waals surface area contributed by atoms with Crippen LogP contribution in [0, 0.1) is 0 Å². The van der Waals surface area contributed by atoms with Crippen LogP contribution in [0.15, 0.2) is 18.2 Å². The van der Waals surface area contributed by atoms with Gasteiger partial charge in [-0.2, -0.15) is 0 Å². The van der Waals surface area contributed by atoms with Crippen molar-refractivity contribution in [2.24, 2.45) is 0 Å². The minimum Gasteiger partial charge on any atom is -0.479 e. The number of anilines is 1. The number of hydrogen-bond donors (Lipinski definition) is 1. The molecule has 104 valence electrons. The first-order chi connectivity index (χ1) is 8.79. The van der Waals surface area contributed by atoms with E-state index in [-0.39, 0.29) is 24.4 Å². The Bertz CT molecular complexity index is 616. The van der Waals surface area contributed by atoms with Crippen LogP contribution in [-0.2, 0) is 14.8 Å². The van der Waals surface area contributed by atoms with Crippen LogP contribution in [0.5, 0.6) is 5.75 Å². The highest BCUT2D eigenvalue weighted by atomic mass is 35.5. The zero-order valence-electron chi connectivity index (χ0n) is 10.0. The molecule has 0 bridgehead atoms. The first-order valence-corrected chi connectivity index (χ1v) is 7.68. The fourth-order valence-corrected chi connectivity index (χ4v) is 2.97. The third-order valence-corrected chi connectivity index (χ3v) is 4.14. The molecule has 0 saturated heterocycles. The highest BCUT2D eigenvalue weighted by molar-refractivity contribution is 7.92. The molecule has 0 radical (unpaired) electrons. The van der Waals surface area contributed by atoms with Crippen LogP contribution in [0.2, 0.25) is 5.02 Å². The van der Waals surface area contributed by atoms with Gasteiger partial charge in [0.2, 0.25) is 10.0 Å². The van der Waals surface area contributed by atoms with E-state index in [4.69, 9.17) is 21.4 Å². The fourth-order valence-electron chi connectivity index (χ4n) is 1.87. The van der Waals surface area contributed by atoms with E-state index in [1.165, 1.54) is 18.2 Å². The Kier molecular flexibility index (Phi) is 3.60. The molecular weight excluding hydrogens is 294 g/mol. The van der Waals surface area contributed by atoms with E-state index in [0.29, 0.717) is 5.02 Å². The summed E-state index contributed by atoms with van der Waals surface area (Å²) in [5.41, 5.74) is 0.263. The molecule has 0 fully saturated rings. The van der Waals surface area contributed by atoms with Crippen LogP contribution in [0.4, 0.5) is 5.69 Å². The summed E-state index contributed by atoms with van der Waals surface area (Å²) in [6, 6.07) is 4.43. The van der Waals surface area contributed by atoms with Gasteiger partial charge in [0.05, 0.1) is 11.9 Å². The largest absolute Gasteiger partial charge is 0.479 e. The summed E-state index contributed by atoms with van der Waals surface area (Å²) in [5.74, 6) is -0.934. The lowest BCUT2D eigenvalue weighted by molar-refractivity contribution is -0.145. The van der Waals surface area contributed by atoms with E-state index in [9.17, 15) is 13.2 Å². The van der Waals surface area contributed by atoms with Crippen molar-refractivity contribution in [2.75, 3.05) is 17.1 Å². The number of carbonyl (C=O) groups is 1. The number of halogens is 1. The van der Waals surface area contributed by atoms with Crippen molar-refractivity contribution in [2.45, 2.75) is 12.5 Å². The van der Waals surface area contributed by atoms with Gasteiger partial charge in [-0.25, -0.2) is 13.2 Å². The van der Waals surface area contributed by atoms with Gasteiger partial charge >= 0.3 is 5.97 Å². The second-order valence-electron chi connectivity index (χ2n) is 4.18. The minimum atomic E-state index is -3.53. The number of rotatable bonds is 2. The molecule has 0 aliphatic carbocycles. The maximum absolute atomic E-state index is 11.8. The minimum absolute atomic E-state index is 0.0309. The topological polar surface area (TPSA) is 83.9 Å². The van der Waals surface area contributed by atoms with Crippen LogP contribution in [0.1, 0.15) is 6.42 Å². The van der Waals surface area contributed by atoms with Gasteiger partial charge < -0.3 is 9.84 Å². The summed E-state index contributed by atoms with van der Waals surface area (Å²) in [7, 11) is -3.53. The van der Waals surface area contributed by atoms with Gasteiger partial charge in [0.15, 0.2) is 6.10 Å². The predicted molar refractivity (Wildman–Crippen MR) is 70.3 cm³/mol. The highest BCUT2D eigenvalue weighted by Gasteiger charge is 2.31.